The largest absolute Gasteiger partial charge is 0.450 e. The fourth-order valence-corrected chi connectivity index (χ4v) is 1.85. The molecule has 0 fully saturated rings. The second-order valence-corrected chi connectivity index (χ2v) is 4.62. The Labute approximate surface area is 54.4 Å². The normalized spacial score (nSPS) is 32.7. The first kappa shape index (κ1) is 6.45. The van der Waals surface area contributed by atoms with E-state index in [2.05, 4.69) is 5.92 Å². The summed E-state index contributed by atoms with van der Waals surface area (Å²) in [5.41, 5.74) is 0.695. The molecule has 2 nitrogen and oxygen atoms in total. The fraction of sp³-hybridized carbons (Fsp3) is 0.333. The standard InChI is InChI=1S/C6H7O2P/c1-3-6-4-8-9(2,7)5-6/h1,4H,5H2,2H3. The monoisotopic (exact) mass is 142 g/mol. The van der Waals surface area contributed by atoms with E-state index < -0.39 is 7.37 Å². The zero-order chi connectivity index (χ0) is 6.91. The van der Waals surface area contributed by atoms with Crippen LogP contribution in [0.4, 0.5) is 0 Å². The number of terminal acetylenes is 1. The Morgan fingerprint density at radius 2 is 2.67 bits per heavy atom. The minimum Gasteiger partial charge on any atom is -0.450 e. The van der Waals surface area contributed by atoms with Gasteiger partial charge in [-0.3, -0.25) is 4.57 Å². The molecule has 0 aromatic heterocycles. The molecule has 9 heavy (non-hydrogen) atoms. The fourth-order valence-electron chi connectivity index (χ4n) is 0.639. The number of rotatable bonds is 0. The number of hydrogen-bond acceptors (Lipinski definition) is 2. The van der Waals surface area contributed by atoms with Gasteiger partial charge < -0.3 is 4.52 Å². The molecule has 1 unspecified atom stereocenters. The van der Waals surface area contributed by atoms with E-state index in [9.17, 15) is 4.57 Å². The van der Waals surface area contributed by atoms with Crippen LogP contribution in [0.25, 0.3) is 0 Å². The molecule has 0 aromatic carbocycles. The Morgan fingerprint density at radius 1 is 2.00 bits per heavy atom. The van der Waals surface area contributed by atoms with E-state index >= 15 is 0 Å². The minimum atomic E-state index is -2.35. The minimum absolute atomic E-state index is 0.420. The van der Waals surface area contributed by atoms with Crippen molar-refractivity contribution in [2.24, 2.45) is 0 Å². The summed E-state index contributed by atoms with van der Waals surface area (Å²) in [6.07, 6.45) is 6.86. The van der Waals surface area contributed by atoms with E-state index in [4.69, 9.17) is 10.9 Å². The van der Waals surface area contributed by atoms with Crippen LogP contribution in [0.2, 0.25) is 0 Å². The quantitative estimate of drug-likeness (QED) is 0.378. The highest BCUT2D eigenvalue weighted by Gasteiger charge is 2.23. The second-order valence-electron chi connectivity index (χ2n) is 2.07. The molecule has 0 radical (unpaired) electrons. The van der Waals surface area contributed by atoms with Crippen LogP contribution in [-0.2, 0) is 9.09 Å². The summed E-state index contributed by atoms with van der Waals surface area (Å²) >= 11 is 0. The Balaban J connectivity index is 2.74. The lowest BCUT2D eigenvalue weighted by Crippen LogP contribution is -1.80. The van der Waals surface area contributed by atoms with Gasteiger partial charge in [0.2, 0.25) is 7.37 Å². The van der Waals surface area contributed by atoms with Gasteiger partial charge in [0.05, 0.1) is 6.16 Å². The van der Waals surface area contributed by atoms with Crippen LogP contribution in [0.1, 0.15) is 0 Å². The molecule has 1 rings (SSSR count). The molecular formula is C6H7O2P. The Morgan fingerprint density at radius 3 is 2.89 bits per heavy atom. The van der Waals surface area contributed by atoms with E-state index in [1.807, 2.05) is 0 Å². The van der Waals surface area contributed by atoms with Crippen molar-refractivity contribution in [2.75, 3.05) is 12.8 Å². The molecular weight excluding hydrogens is 135 g/mol. The Bertz CT molecular complexity index is 234. The van der Waals surface area contributed by atoms with Gasteiger partial charge in [-0.25, -0.2) is 0 Å². The van der Waals surface area contributed by atoms with Crippen molar-refractivity contribution in [3.8, 4) is 12.3 Å². The van der Waals surface area contributed by atoms with Gasteiger partial charge in [0, 0.05) is 12.2 Å². The predicted molar refractivity (Wildman–Crippen MR) is 36.4 cm³/mol. The molecule has 0 bridgehead atoms. The van der Waals surface area contributed by atoms with E-state index in [1.54, 1.807) is 6.66 Å². The van der Waals surface area contributed by atoms with Gasteiger partial charge in [0.1, 0.15) is 6.26 Å². The molecule has 0 saturated heterocycles. The molecule has 3 heteroatoms. The molecule has 1 aliphatic heterocycles. The first-order chi connectivity index (χ1) is 4.14. The van der Waals surface area contributed by atoms with Crippen molar-refractivity contribution in [3.05, 3.63) is 11.8 Å². The van der Waals surface area contributed by atoms with Crippen LogP contribution in [0.5, 0.6) is 0 Å². The molecule has 1 aliphatic rings. The molecule has 1 atom stereocenters. The third-order valence-electron chi connectivity index (χ3n) is 1.06. The second kappa shape index (κ2) is 1.93. The van der Waals surface area contributed by atoms with E-state index in [0.29, 0.717) is 11.7 Å². The Hall–Kier alpha value is -0.670. The first-order valence-corrected chi connectivity index (χ1v) is 4.80. The van der Waals surface area contributed by atoms with Crippen molar-refractivity contribution in [3.63, 3.8) is 0 Å². The van der Waals surface area contributed by atoms with E-state index in [0.717, 1.165) is 0 Å². The highest BCUT2D eigenvalue weighted by molar-refractivity contribution is 7.58. The van der Waals surface area contributed by atoms with Gasteiger partial charge in [0.15, 0.2) is 0 Å². The Kier molecular flexibility index (Phi) is 1.38. The third kappa shape index (κ3) is 1.37. The lowest BCUT2D eigenvalue weighted by atomic mass is 10.4. The molecule has 1 heterocycles. The predicted octanol–water partition coefficient (Wildman–Crippen LogP) is 1.44. The smallest absolute Gasteiger partial charge is 0.249 e. The summed E-state index contributed by atoms with van der Waals surface area (Å²) in [6.45, 7) is 1.58. The molecule has 0 amide bonds. The molecule has 0 aliphatic carbocycles. The lowest BCUT2D eigenvalue weighted by molar-refractivity contribution is 0.459. The van der Waals surface area contributed by atoms with Gasteiger partial charge in [-0.1, -0.05) is 5.92 Å². The summed E-state index contributed by atoms with van der Waals surface area (Å²) < 4.78 is 15.8. The summed E-state index contributed by atoms with van der Waals surface area (Å²) in [5.74, 6) is 2.38. The summed E-state index contributed by atoms with van der Waals surface area (Å²) in [7, 11) is -2.35. The summed E-state index contributed by atoms with van der Waals surface area (Å²) in [4.78, 5) is 0. The highest BCUT2D eigenvalue weighted by Crippen LogP contribution is 2.48. The first-order valence-electron chi connectivity index (χ1n) is 2.55. The van der Waals surface area contributed by atoms with Crippen LogP contribution < -0.4 is 0 Å². The highest BCUT2D eigenvalue weighted by atomic mass is 31.2. The van der Waals surface area contributed by atoms with Crippen LogP contribution in [0.3, 0.4) is 0 Å². The van der Waals surface area contributed by atoms with Gasteiger partial charge in [-0.2, -0.15) is 0 Å². The molecule has 0 saturated carbocycles. The van der Waals surface area contributed by atoms with Crippen molar-refractivity contribution < 1.29 is 9.09 Å². The maximum Gasteiger partial charge on any atom is 0.249 e. The van der Waals surface area contributed by atoms with E-state index in [1.165, 1.54) is 6.26 Å². The zero-order valence-electron chi connectivity index (χ0n) is 5.13. The zero-order valence-corrected chi connectivity index (χ0v) is 6.02. The summed E-state index contributed by atoms with van der Waals surface area (Å²) in [5, 5.41) is 0. The van der Waals surface area contributed by atoms with Crippen molar-refractivity contribution >= 4 is 7.37 Å². The maximum atomic E-state index is 11.0. The van der Waals surface area contributed by atoms with Gasteiger partial charge in [-0.15, -0.1) is 6.42 Å². The number of allylic oxidation sites excluding steroid dienone is 1. The van der Waals surface area contributed by atoms with Crippen LogP contribution in [-0.4, -0.2) is 12.8 Å². The number of hydrogen-bond donors (Lipinski definition) is 0. The lowest BCUT2D eigenvalue weighted by Gasteiger charge is -2.00. The van der Waals surface area contributed by atoms with Crippen molar-refractivity contribution in [1.29, 1.82) is 0 Å². The molecule has 48 valence electrons. The van der Waals surface area contributed by atoms with Crippen LogP contribution >= 0.6 is 7.37 Å². The average molecular weight is 142 g/mol. The van der Waals surface area contributed by atoms with Crippen LogP contribution in [0, 0.1) is 12.3 Å². The maximum absolute atomic E-state index is 11.0. The van der Waals surface area contributed by atoms with Gasteiger partial charge >= 0.3 is 0 Å². The molecule has 0 spiro atoms. The van der Waals surface area contributed by atoms with Crippen LogP contribution in [0.15, 0.2) is 11.8 Å². The van der Waals surface area contributed by atoms with Gasteiger partial charge in [-0.05, 0) is 0 Å². The summed E-state index contributed by atoms with van der Waals surface area (Å²) in [6, 6.07) is 0. The topological polar surface area (TPSA) is 26.3 Å². The molecule has 0 N–H and O–H groups in total. The average Bonchev–Trinajstić information content (AvgIpc) is 2.10. The van der Waals surface area contributed by atoms with E-state index in [-0.39, 0.29) is 0 Å². The van der Waals surface area contributed by atoms with Gasteiger partial charge in [0.25, 0.3) is 0 Å². The SMILES string of the molecule is C#CC1=COP(C)(=O)C1. The molecule has 0 aromatic rings. The third-order valence-corrected chi connectivity index (χ3v) is 2.53. The van der Waals surface area contributed by atoms with Crippen molar-refractivity contribution in [2.45, 2.75) is 0 Å². The van der Waals surface area contributed by atoms with Crippen molar-refractivity contribution in [1.82, 2.24) is 0 Å².